The maximum absolute atomic E-state index is 10.2. The van der Waals surface area contributed by atoms with E-state index in [1.54, 1.807) is 0 Å². The van der Waals surface area contributed by atoms with Gasteiger partial charge in [0.1, 0.15) is 0 Å². The van der Waals surface area contributed by atoms with Crippen molar-refractivity contribution >= 4 is 5.97 Å². The summed E-state index contributed by atoms with van der Waals surface area (Å²) in [7, 11) is 0. The molecule has 0 N–H and O–H groups in total. The summed E-state index contributed by atoms with van der Waals surface area (Å²) in [6.45, 7) is 4.61. The lowest BCUT2D eigenvalue weighted by Gasteiger charge is -2.04. The van der Waals surface area contributed by atoms with Crippen molar-refractivity contribution in [1.82, 2.24) is 0 Å². The van der Waals surface area contributed by atoms with Crippen LogP contribution in [-0.2, 0) is 9.90 Å². The molecule has 0 aromatic rings. The SMILES string of the molecule is CC(C)CCCCCCCCCCCCCCC([O])=O. The van der Waals surface area contributed by atoms with E-state index in [1.807, 2.05) is 0 Å². The Bertz CT molecular complexity index is 211. The fourth-order valence-corrected chi connectivity index (χ4v) is 2.59. The Morgan fingerprint density at radius 1 is 0.650 bits per heavy atom. The molecule has 0 bridgehead atoms. The smallest absolute Gasteiger partial charge is 0.247 e. The Kier molecular flexibility index (Phi) is 14.5. The van der Waals surface area contributed by atoms with Crippen LogP contribution in [0.5, 0.6) is 0 Å². The minimum atomic E-state index is -0.904. The van der Waals surface area contributed by atoms with Crippen molar-refractivity contribution in [2.75, 3.05) is 0 Å². The van der Waals surface area contributed by atoms with E-state index in [2.05, 4.69) is 13.8 Å². The number of unbranched alkanes of at least 4 members (excludes halogenated alkanes) is 11. The van der Waals surface area contributed by atoms with Gasteiger partial charge in [-0.3, -0.25) is 0 Å². The van der Waals surface area contributed by atoms with Crippen molar-refractivity contribution in [2.45, 2.75) is 104 Å². The Hall–Kier alpha value is -0.530. The topological polar surface area (TPSA) is 37.0 Å². The fourth-order valence-electron chi connectivity index (χ4n) is 2.59. The van der Waals surface area contributed by atoms with Crippen LogP contribution in [0.15, 0.2) is 0 Å². The lowest BCUT2D eigenvalue weighted by molar-refractivity contribution is -0.143. The van der Waals surface area contributed by atoms with Gasteiger partial charge in [0, 0.05) is 0 Å². The monoisotopic (exact) mass is 283 g/mol. The molecule has 0 saturated carbocycles. The predicted molar refractivity (Wildman–Crippen MR) is 85.2 cm³/mol. The van der Waals surface area contributed by atoms with Gasteiger partial charge in [0.25, 0.3) is 0 Å². The third kappa shape index (κ3) is 17.5. The van der Waals surface area contributed by atoms with Crippen LogP contribution >= 0.6 is 0 Å². The quantitative estimate of drug-likeness (QED) is 0.336. The minimum Gasteiger partial charge on any atom is -0.247 e. The van der Waals surface area contributed by atoms with E-state index in [9.17, 15) is 9.90 Å². The summed E-state index contributed by atoms with van der Waals surface area (Å²) in [5, 5.41) is 10.2. The molecule has 0 heterocycles. The highest BCUT2D eigenvalue weighted by Crippen LogP contribution is 2.14. The largest absolute Gasteiger partial charge is 0.355 e. The average molecular weight is 283 g/mol. The lowest BCUT2D eigenvalue weighted by atomic mass is 10.0. The summed E-state index contributed by atoms with van der Waals surface area (Å²) in [6.07, 6.45) is 17.0. The fraction of sp³-hybridized carbons (Fsp3) is 0.944. The molecular formula is C18H35O2. The first-order valence-electron chi connectivity index (χ1n) is 8.82. The van der Waals surface area contributed by atoms with Crippen LogP contribution in [0.1, 0.15) is 104 Å². The summed E-state index contributed by atoms with van der Waals surface area (Å²) in [5.41, 5.74) is 0. The van der Waals surface area contributed by atoms with E-state index >= 15 is 0 Å². The highest BCUT2D eigenvalue weighted by molar-refractivity contribution is 5.66. The van der Waals surface area contributed by atoms with Crippen LogP contribution in [0.3, 0.4) is 0 Å². The molecule has 0 amide bonds. The van der Waals surface area contributed by atoms with Gasteiger partial charge in [0.15, 0.2) is 0 Å². The molecule has 20 heavy (non-hydrogen) atoms. The summed E-state index contributed by atoms with van der Waals surface area (Å²) >= 11 is 0. The highest BCUT2D eigenvalue weighted by atomic mass is 16.4. The second-order valence-corrected chi connectivity index (χ2v) is 6.55. The van der Waals surface area contributed by atoms with E-state index in [-0.39, 0.29) is 6.42 Å². The predicted octanol–water partition coefficient (Wildman–Crippen LogP) is 6.06. The van der Waals surface area contributed by atoms with Crippen LogP contribution in [-0.4, -0.2) is 5.97 Å². The minimum absolute atomic E-state index is 0.233. The molecular weight excluding hydrogens is 248 g/mol. The van der Waals surface area contributed by atoms with Crippen molar-refractivity contribution in [1.29, 1.82) is 0 Å². The first-order valence-corrected chi connectivity index (χ1v) is 8.82. The number of carbonyl (C=O) groups is 1. The molecule has 119 valence electrons. The molecule has 0 aliphatic heterocycles. The second kappa shape index (κ2) is 14.9. The molecule has 0 aromatic carbocycles. The first kappa shape index (κ1) is 19.5. The molecule has 1 radical (unpaired) electrons. The lowest BCUT2D eigenvalue weighted by Crippen LogP contribution is -1.91. The first-order chi connectivity index (χ1) is 9.63. The highest BCUT2D eigenvalue weighted by Gasteiger charge is 1.99. The van der Waals surface area contributed by atoms with Crippen molar-refractivity contribution < 1.29 is 9.90 Å². The zero-order valence-electron chi connectivity index (χ0n) is 13.8. The molecule has 0 fully saturated rings. The average Bonchev–Trinajstić information content (AvgIpc) is 2.38. The van der Waals surface area contributed by atoms with Crippen LogP contribution in [0.25, 0.3) is 0 Å². The molecule has 0 unspecified atom stereocenters. The Morgan fingerprint density at radius 2 is 1.00 bits per heavy atom. The van der Waals surface area contributed by atoms with Crippen LogP contribution < -0.4 is 0 Å². The number of carbonyl (C=O) groups excluding carboxylic acids is 1. The zero-order valence-corrected chi connectivity index (χ0v) is 13.8. The van der Waals surface area contributed by atoms with Crippen LogP contribution in [0, 0.1) is 5.92 Å². The maximum Gasteiger partial charge on any atom is 0.355 e. The van der Waals surface area contributed by atoms with Gasteiger partial charge >= 0.3 is 5.97 Å². The Labute approximate surface area is 126 Å². The van der Waals surface area contributed by atoms with Crippen molar-refractivity contribution in [3.8, 4) is 0 Å². The van der Waals surface area contributed by atoms with Gasteiger partial charge in [-0.1, -0.05) is 90.9 Å². The van der Waals surface area contributed by atoms with Gasteiger partial charge in [-0.05, 0) is 12.3 Å². The van der Waals surface area contributed by atoms with E-state index in [4.69, 9.17) is 0 Å². The van der Waals surface area contributed by atoms with Gasteiger partial charge in [-0.25, -0.2) is 9.90 Å². The summed E-state index contributed by atoms with van der Waals surface area (Å²) in [5.74, 6) is -0.0415. The van der Waals surface area contributed by atoms with Gasteiger partial charge in [0.2, 0.25) is 0 Å². The molecule has 0 aliphatic carbocycles. The van der Waals surface area contributed by atoms with Gasteiger partial charge in [-0.2, -0.15) is 0 Å². The Balaban J connectivity index is 2.97. The normalized spacial score (nSPS) is 11.2. The second-order valence-electron chi connectivity index (χ2n) is 6.55. The zero-order chi connectivity index (χ0) is 15.1. The summed E-state index contributed by atoms with van der Waals surface area (Å²) < 4.78 is 0. The molecule has 2 heteroatoms. The molecule has 0 aliphatic rings. The van der Waals surface area contributed by atoms with E-state index in [1.165, 1.54) is 70.6 Å². The molecule has 0 saturated heterocycles. The molecule has 2 nitrogen and oxygen atoms in total. The van der Waals surface area contributed by atoms with Crippen molar-refractivity contribution in [2.24, 2.45) is 5.92 Å². The standard InChI is InChI=1S/C18H35O2/c1-17(2)15-13-11-9-7-5-3-4-6-8-10-12-14-16-18(19)20/h17H,3-16H2,1-2H3. The third-order valence-electron chi connectivity index (χ3n) is 3.91. The van der Waals surface area contributed by atoms with Gasteiger partial charge in [-0.15, -0.1) is 0 Å². The number of hydrogen-bond acceptors (Lipinski definition) is 1. The summed E-state index contributed by atoms with van der Waals surface area (Å²) in [6, 6.07) is 0. The number of hydrogen-bond donors (Lipinski definition) is 0. The maximum atomic E-state index is 10.2. The van der Waals surface area contributed by atoms with E-state index in [0.29, 0.717) is 0 Å². The number of rotatable bonds is 15. The summed E-state index contributed by atoms with van der Waals surface area (Å²) in [4.78, 5) is 10.2. The third-order valence-corrected chi connectivity index (χ3v) is 3.91. The molecule has 0 aromatic heterocycles. The van der Waals surface area contributed by atoms with Crippen molar-refractivity contribution in [3.05, 3.63) is 0 Å². The Morgan fingerprint density at radius 3 is 1.35 bits per heavy atom. The molecule has 0 spiro atoms. The van der Waals surface area contributed by atoms with Gasteiger partial charge < -0.3 is 0 Å². The van der Waals surface area contributed by atoms with Crippen LogP contribution in [0.4, 0.5) is 0 Å². The van der Waals surface area contributed by atoms with Crippen LogP contribution in [0.2, 0.25) is 0 Å². The molecule has 0 atom stereocenters. The van der Waals surface area contributed by atoms with E-state index in [0.717, 1.165) is 18.8 Å². The van der Waals surface area contributed by atoms with E-state index < -0.39 is 5.97 Å². The van der Waals surface area contributed by atoms with Gasteiger partial charge in [0.05, 0.1) is 6.42 Å². The van der Waals surface area contributed by atoms with Crippen molar-refractivity contribution in [3.63, 3.8) is 0 Å². The molecule has 0 rings (SSSR count).